The molecule has 0 aliphatic carbocycles. The Bertz CT molecular complexity index is 668. The summed E-state index contributed by atoms with van der Waals surface area (Å²) in [5.41, 5.74) is 3.55. The third-order valence-corrected chi connectivity index (χ3v) is 6.56. The Morgan fingerprint density at radius 2 is 1.67 bits per heavy atom. The molecule has 4 heteroatoms. The van der Waals surface area contributed by atoms with Gasteiger partial charge in [0, 0.05) is 16.1 Å². The SMILES string of the molecule is Cc1ccccc1CSC1(c2ccccc2F)CCN(C)CC1.Cl. The number of halogens is 2. The smallest absolute Gasteiger partial charge is 0.127 e. The first kappa shape index (κ1) is 19.3. The minimum Gasteiger partial charge on any atom is -0.306 e. The van der Waals surface area contributed by atoms with E-state index in [1.807, 2.05) is 23.9 Å². The number of benzene rings is 2. The van der Waals surface area contributed by atoms with Gasteiger partial charge in [-0.05, 0) is 57.1 Å². The van der Waals surface area contributed by atoms with Crippen molar-refractivity contribution in [2.24, 2.45) is 0 Å². The van der Waals surface area contributed by atoms with Crippen LogP contribution < -0.4 is 0 Å². The van der Waals surface area contributed by atoms with Crippen LogP contribution in [0.2, 0.25) is 0 Å². The van der Waals surface area contributed by atoms with Gasteiger partial charge in [0.15, 0.2) is 0 Å². The largest absolute Gasteiger partial charge is 0.306 e. The number of likely N-dealkylation sites (tertiary alicyclic amines) is 1. The van der Waals surface area contributed by atoms with Crippen LogP contribution in [0.15, 0.2) is 48.5 Å². The van der Waals surface area contributed by atoms with Crippen molar-refractivity contribution in [1.29, 1.82) is 0 Å². The van der Waals surface area contributed by atoms with Gasteiger partial charge in [-0.25, -0.2) is 4.39 Å². The fourth-order valence-electron chi connectivity index (χ4n) is 3.29. The molecule has 1 heterocycles. The highest BCUT2D eigenvalue weighted by Crippen LogP contribution is 2.47. The van der Waals surface area contributed by atoms with Crippen LogP contribution in [0.1, 0.15) is 29.5 Å². The molecule has 1 nitrogen and oxygen atoms in total. The molecule has 0 unspecified atom stereocenters. The second-order valence-corrected chi connectivity index (χ2v) is 7.85. The van der Waals surface area contributed by atoms with Gasteiger partial charge in [0.1, 0.15) is 5.82 Å². The maximum atomic E-state index is 14.5. The van der Waals surface area contributed by atoms with E-state index in [4.69, 9.17) is 0 Å². The molecule has 130 valence electrons. The van der Waals surface area contributed by atoms with Crippen molar-refractivity contribution in [1.82, 2.24) is 4.90 Å². The van der Waals surface area contributed by atoms with Crippen LogP contribution in [-0.4, -0.2) is 25.0 Å². The molecular weight excluding hydrogens is 341 g/mol. The van der Waals surface area contributed by atoms with Gasteiger partial charge in [0.25, 0.3) is 0 Å². The van der Waals surface area contributed by atoms with Crippen LogP contribution in [0, 0.1) is 12.7 Å². The Kier molecular flexibility index (Phi) is 6.73. The highest BCUT2D eigenvalue weighted by molar-refractivity contribution is 7.99. The molecule has 0 spiro atoms. The fraction of sp³-hybridized carbons (Fsp3) is 0.400. The summed E-state index contributed by atoms with van der Waals surface area (Å²) in [6.07, 6.45) is 2.00. The number of thioether (sulfide) groups is 1. The maximum Gasteiger partial charge on any atom is 0.127 e. The van der Waals surface area contributed by atoms with Crippen molar-refractivity contribution in [3.8, 4) is 0 Å². The monoisotopic (exact) mass is 365 g/mol. The third kappa shape index (κ3) is 4.14. The van der Waals surface area contributed by atoms with Gasteiger partial charge in [-0.1, -0.05) is 42.5 Å². The molecule has 1 fully saturated rings. The van der Waals surface area contributed by atoms with Gasteiger partial charge >= 0.3 is 0 Å². The molecule has 0 amide bonds. The second kappa shape index (κ2) is 8.37. The zero-order valence-corrected chi connectivity index (χ0v) is 15.9. The lowest BCUT2D eigenvalue weighted by molar-refractivity contribution is 0.237. The summed E-state index contributed by atoms with van der Waals surface area (Å²) in [7, 11) is 2.15. The number of hydrogen-bond donors (Lipinski definition) is 0. The number of rotatable bonds is 4. The highest BCUT2D eigenvalue weighted by Gasteiger charge is 2.37. The molecule has 2 aromatic carbocycles. The first-order valence-corrected chi connectivity index (χ1v) is 9.21. The van der Waals surface area contributed by atoms with Gasteiger partial charge in [-0.3, -0.25) is 0 Å². The summed E-state index contributed by atoms with van der Waals surface area (Å²) in [5.74, 6) is 0.874. The molecule has 0 atom stereocenters. The van der Waals surface area contributed by atoms with Crippen LogP contribution in [0.3, 0.4) is 0 Å². The van der Waals surface area contributed by atoms with Gasteiger partial charge in [0.05, 0.1) is 0 Å². The van der Waals surface area contributed by atoms with Crippen molar-refractivity contribution >= 4 is 24.2 Å². The zero-order valence-electron chi connectivity index (χ0n) is 14.3. The van der Waals surface area contributed by atoms with E-state index < -0.39 is 0 Å². The number of aryl methyl sites for hydroxylation is 1. The Morgan fingerprint density at radius 3 is 2.33 bits per heavy atom. The van der Waals surface area contributed by atoms with Crippen molar-refractivity contribution in [2.45, 2.75) is 30.3 Å². The van der Waals surface area contributed by atoms with Crippen LogP contribution in [0.4, 0.5) is 4.39 Å². The summed E-state index contributed by atoms with van der Waals surface area (Å²) < 4.78 is 14.4. The Hall–Kier alpha value is -1.03. The fourth-order valence-corrected chi connectivity index (χ4v) is 4.84. The highest BCUT2D eigenvalue weighted by atomic mass is 35.5. The lowest BCUT2D eigenvalue weighted by Crippen LogP contribution is -2.39. The van der Waals surface area contributed by atoms with Crippen LogP contribution >= 0.6 is 24.2 Å². The molecule has 0 radical (unpaired) electrons. The first-order chi connectivity index (χ1) is 11.1. The average molecular weight is 366 g/mol. The van der Waals surface area contributed by atoms with Crippen molar-refractivity contribution in [2.75, 3.05) is 20.1 Å². The van der Waals surface area contributed by atoms with Gasteiger partial charge in [0.2, 0.25) is 0 Å². The molecule has 1 aliphatic heterocycles. The molecule has 0 saturated carbocycles. The van der Waals surface area contributed by atoms with Gasteiger partial charge in [-0.15, -0.1) is 24.2 Å². The molecule has 1 aliphatic rings. The summed E-state index contributed by atoms with van der Waals surface area (Å²) in [5, 5.41) is 0. The van der Waals surface area contributed by atoms with Crippen LogP contribution in [-0.2, 0) is 10.5 Å². The topological polar surface area (TPSA) is 3.24 Å². The van der Waals surface area contributed by atoms with E-state index in [9.17, 15) is 4.39 Å². The zero-order chi connectivity index (χ0) is 16.3. The van der Waals surface area contributed by atoms with E-state index in [0.717, 1.165) is 37.2 Å². The predicted molar refractivity (Wildman–Crippen MR) is 105 cm³/mol. The normalized spacial score (nSPS) is 17.3. The van der Waals surface area contributed by atoms with Crippen LogP contribution in [0.25, 0.3) is 0 Å². The van der Waals surface area contributed by atoms with E-state index in [1.165, 1.54) is 11.1 Å². The van der Waals surface area contributed by atoms with E-state index in [1.54, 1.807) is 12.1 Å². The molecular formula is C20H25ClFNS. The molecule has 0 bridgehead atoms. The summed E-state index contributed by atoms with van der Waals surface area (Å²) in [4.78, 5) is 2.34. The molecule has 1 saturated heterocycles. The average Bonchev–Trinajstić information content (AvgIpc) is 2.57. The third-order valence-electron chi connectivity index (χ3n) is 4.92. The van der Waals surface area contributed by atoms with Crippen molar-refractivity contribution in [3.05, 3.63) is 71.0 Å². The van der Waals surface area contributed by atoms with E-state index >= 15 is 0 Å². The molecule has 0 aromatic heterocycles. The van der Waals surface area contributed by atoms with E-state index in [0.29, 0.717) is 0 Å². The first-order valence-electron chi connectivity index (χ1n) is 8.23. The Labute approximate surface area is 155 Å². The molecule has 3 rings (SSSR count). The van der Waals surface area contributed by atoms with Crippen molar-refractivity contribution < 1.29 is 4.39 Å². The van der Waals surface area contributed by atoms with Gasteiger partial charge < -0.3 is 4.90 Å². The van der Waals surface area contributed by atoms with Gasteiger partial charge in [-0.2, -0.15) is 0 Å². The van der Waals surface area contributed by atoms with Crippen molar-refractivity contribution in [3.63, 3.8) is 0 Å². The molecule has 24 heavy (non-hydrogen) atoms. The van der Waals surface area contributed by atoms with Crippen LogP contribution in [0.5, 0.6) is 0 Å². The minimum absolute atomic E-state index is 0. The maximum absolute atomic E-state index is 14.5. The lowest BCUT2D eigenvalue weighted by Gasteiger charge is -2.41. The van der Waals surface area contributed by atoms with E-state index in [2.05, 4.69) is 43.1 Å². The number of piperidine rings is 1. The standard InChI is InChI=1S/C20H24FNS.ClH/c1-16-7-3-4-8-17(16)15-23-20(11-13-22(2)14-12-20)18-9-5-6-10-19(18)21;/h3-10H,11-15H2,1-2H3;1H. The Balaban J connectivity index is 0.00000208. The summed E-state index contributed by atoms with van der Waals surface area (Å²) in [6.45, 7) is 4.20. The number of hydrogen-bond acceptors (Lipinski definition) is 2. The lowest BCUT2D eigenvalue weighted by atomic mass is 9.88. The summed E-state index contributed by atoms with van der Waals surface area (Å²) >= 11 is 1.91. The quantitative estimate of drug-likeness (QED) is 0.712. The molecule has 2 aromatic rings. The van der Waals surface area contributed by atoms with E-state index in [-0.39, 0.29) is 23.0 Å². The number of nitrogens with zero attached hydrogens (tertiary/aromatic N) is 1. The Morgan fingerprint density at radius 1 is 1.04 bits per heavy atom. The predicted octanol–water partition coefficient (Wildman–Crippen LogP) is 5.41. The molecule has 0 N–H and O–H groups in total. The summed E-state index contributed by atoms with van der Waals surface area (Å²) in [6, 6.07) is 15.8. The second-order valence-electron chi connectivity index (χ2n) is 6.49. The minimum atomic E-state index is -0.111.